The molecular formula is C26H39NO3. The Morgan fingerprint density at radius 3 is 2.00 bits per heavy atom. The Kier molecular flexibility index (Phi) is 10.7. The van der Waals surface area contributed by atoms with Crippen molar-refractivity contribution in [2.75, 3.05) is 6.61 Å². The van der Waals surface area contributed by atoms with Crippen molar-refractivity contribution < 1.29 is 14.3 Å². The van der Waals surface area contributed by atoms with Crippen molar-refractivity contribution in [3.63, 3.8) is 0 Å². The van der Waals surface area contributed by atoms with Crippen LogP contribution in [0.2, 0.25) is 0 Å². The molecule has 2 aromatic rings. The molecular weight excluding hydrogens is 374 g/mol. The molecule has 4 heteroatoms. The highest BCUT2D eigenvalue weighted by Crippen LogP contribution is 2.28. The van der Waals surface area contributed by atoms with Gasteiger partial charge in [0.15, 0.2) is 5.78 Å². The molecule has 4 nitrogen and oxygen atoms in total. The number of unbranched alkanes of at least 4 members (excludes halogenated alkanes) is 10. The number of para-hydroxylation sites is 1. The monoisotopic (exact) mass is 413 g/mol. The zero-order chi connectivity index (χ0) is 21.8. The first-order valence-corrected chi connectivity index (χ1v) is 11.9. The van der Waals surface area contributed by atoms with Crippen molar-refractivity contribution in [1.29, 1.82) is 0 Å². The Morgan fingerprint density at radius 1 is 0.833 bits per heavy atom. The average Bonchev–Trinajstić information content (AvgIpc) is 3.05. The van der Waals surface area contributed by atoms with Crippen LogP contribution >= 0.6 is 0 Å². The number of carbonyl (C=O) groups is 2. The van der Waals surface area contributed by atoms with Gasteiger partial charge in [0.05, 0.1) is 12.2 Å². The van der Waals surface area contributed by atoms with Crippen molar-refractivity contribution in [2.24, 2.45) is 7.05 Å². The second kappa shape index (κ2) is 13.3. The molecule has 1 aromatic carbocycles. The Bertz CT molecular complexity index is 806. The van der Waals surface area contributed by atoms with Crippen molar-refractivity contribution in [3.8, 4) is 0 Å². The number of ether oxygens (including phenoxy) is 1. The molecule has 1 heterocycles. The van der Waals surface area contributed by atoms with Crippen molar-refractivity contribution >= 4 is 22.7 Å². The Labute approximate surface area is 182 Å². The van der Waals surface area contributed by atoms with E-state index in [-0.39, 0.29) is 5.78 Å². The topological polar surface area (TPSA) is 48.3 Å². The number of esters is 1. The van der Waals surface area contributed by atoms with E-state index in [4.69, 9.17) is 4.74 Å². The van der Waals surface area contributed by atoms with Gasteiger partial charge in [-0.2, -0.15) is 0 Å². The van der Waals surface area contributed by atoms with Gasteiger partial charge in [0.2, 0.25) is 0 Å². The number of hydrogen-bond acceptors (Lipinski definition) is 3. The molecule has 0 N–H and O–H groups in total. The van der Waals surface area contributed by atoms with Gasteiger partial charge in [-0.3, -0.25) is 4.79 Å². The van der Waals surface area contributed by atoms with Gasteiger partial charge in [-0.05, 0) is 19.4 Å². The van der Waals surface area contributed by atoms with E-state index < -0.39 is 5.97 Å². The van der Waals surface area contributed by atoms with E-state index in [0.29, 0.717) is 24.3 Å². The van der Waals surface area contributed by atoms with Crippen LogP contribution in [0.1, 0.15) is 112 Å². The molecule has 0 amide bonds. The Hall–Kier alpha value is -2.10. The number of rotatable bonds is 15. The third-order valence-corrected chi connectivity index (χ3v) is 5.86. The lowest BCUT2D eigenvalue weighted by molar-refractivity contribution is 0.0512. The zero-order valence-corrected chi connectivity index (χ0v) is 19.2. The van der Waals surface area contributed by atoms with E-state index >= 15 is 0 Å². The maximum absolute atomic E-state index is 13.0. The van der Waals surface area contributed by atoms with Gasteiger partial charge >= 0.3 is 5.97 Å². The van der Waals surface area contributed by atoms with Crippen LogP contribution in [-0.4, -0.2) is 22.9 Å². The predicted octanol–water partition coefficient (Wildman–Crippen LogP) is 7.24. The van der Waals surface area contributed by atoms with Crippen LogP contribution in [0.3, 0.4) is 0 Å². The van der Waals surface area contributed by atoms with E-state index in [1.807, 2.05) is 31.3 Å². The minimum Gasteiger partial charge on any atom is -0.461 e. The number of ketones is 1. The van der Waals surface area contributed by atoms with Gasteiger partial charge in [0.25, 0.3) is 0 Å². The predicted molar refractivity (Wildman–Crippen MR) is 124 cm³/mol. The van der Waals surface area contributed by atoms with Crippen LogP contribution in [0.25, 0.3) is 10.9 Å². The van der Waals surface area contributed by atoms with Gasteiger partial charge in [0, 0.05) is 24.4 Å². The summed E-state index contributed by atoms with van der Waals surface area (Å²) in [6, 6.07) is 7.70. The van der Waals surface area contributed by atoms with Gasteiger partial charge in [-0.15, -0.1) is 0 Å². The summed E-state index contributed by atoms with van der Waals surface area (Å²) in [6.07, 6.45) is 14.3. The number of nitrogens with zero attached hydrogens (tertiary/aromatic N) is 1. The lowest BCUT2D eigenvalue weighted by Gasteiger charge is -2.07. The number of fused-ring (bicyclic) bond motifs is 1. The molecule has 0 aliphatic rings. The maximum atomic E-state index is 13.0. The zero-order valence-electron chi connectivity index (χ0n) is 19.2. The number of hydrogen-bond donors (Lipinski definition) is 0. The quantitative estimate of drug-likeness (QED) is 0.176. The van der Waals surface area contributed by atoms with Crippen LogP contribution in [0.4, 0.5) is 0 Å². The Morgan fingerprint density at radius 2 is 1.40 bits per heavy atom. The third-order valence-electron chi connectivity index (χ3n) is 5.86. The number of aromatic nitrogens is 1. The maximum Gasteiger partial charge on any atom is 0.355 e. The fraction of sp³-hybridized carbons (Fsp3) is 0.615. The van der Waals surface area contributed by atoms with Crippen LogP contribution in [0, 0.1) is 0 Å². The van der Waals surface area contributed by atoms with Gasteiger partial charge < -0.3 is 9.30 Å². The van der Waals surface area contributed by atoms with Crippen molar-refractivity contribution in [3.05, 3.63) is 35.5 Å². The lowest BCUT2D eigenvalue weighted by atomic mass is 10.00. The number of Topliss-reactive ketones (excluding diaryl/α,β-unsaturated/α-hetero) is 1. The highest BCUT2D eigenvalue weighted by molar-refractivity contribution is 6.15. The second-order valence-corrected chi connectivity index (χ2v) is 8.23. The average molecular weight is 414 g/mol. The summed E-state index contributed by atoms with van der Waals surface area (Å²) in [5.74, 6) is -0.371. The van der Waals surface area contributed by atoms with E-state index in [9.17, 15) is 9.59 Å². The minimum atomic E-state index is -0.418. The number of benzene rings is 1. The molecule has 0 unspecified atom stereocenters. The van der Waals surface area contributed by atoms with Crippen LogP contribution in [-0.2, 0) is 11.8 Å². The van der Waals surface area contributed by atoms with Gasteiger partial charge in [-0.25, -0.2) is 4.79 Å². The number of carbonyl (C=O) groups excluding carboxylic acids is 2. The fourth-order valence-electron chi connectivity index (χ4n) is 4.19. The summed E-state index contributed by atoms with van der Waals surface area (Å²) in [6.45, 7) is 4.34. The SMILES string of the molecule is CCCCCCCCCCCCCC(=O)c1c(C(=O)OCC)n(C)c2ccccc12. The normalized spacial score (nSPS) is 11.2. The van der Waals surface area contributed by atoms with E-state index in [1.54, 1.807) is 11.5 Å². The smallest absolute Gasteiger partial charge is 0.355 e. The first kappa shape index (κ1) is 24.2. The summed E-state index contributed by atoms with van der Waals surface area (Å²) >= 11 is 0. The molecule has 0 aliphatic carbocycles. The molecule has 0 radical (unpaired) electrons. The molecule has 0 bridgehead atoms. The molecule has 0 aliphatic heterocycles. The summed E-state index contributed by atoms with van der Waals surface area (Å²) in [5, 5.41) is 0.844. The molecule has 2 rings (SSSR count). The minimum absolute atomic E-state index is 0.0470. The van der Waals surface area contributed by atoms with Crippen molar-refractivity contribution in [2.45, 2.75) is 90.9 Å². The van der Waals surface area contributed by atoms with E-state index in [2.05, 4.69) is 6.92 Å². The summed E-state index contributed by atoms with van der Waals surface area (Å²) in [7, 11) is 1.83. The van der Waals surface area contributed by atoms with E-state index in [1.165, 1.54) is 57.8 Å². The standard InChI is InChI=1S/C26H39NO3/c1-4-6-7-8-9-10-11-12-13-14-15-20-23(28)24-21-18-16-17-19-22(21)27(3)25(24)26(29)30-5-2/h16-19H,4-15,20H2,1-3H3. The molecule has 166 valence electrons. The summed E-state index contributed by atoms with van der Waals surface area (Å²) in [5.41, 5.74) is 1.80. The van der Waals surface area contributed by atoms with Gasteiger partial charge in [-0.1, -0.05) is 89.3 Å². The molecule has 0 fully saturated rings. The third kappa shape index (κ3) is 6.72. The fourth-order valence-corrected chi connectivity index (χ4v) is 4.19. The van der Waals surface area contributed by atoms with Gasteiger partial charge in [0.1, 0.15) is 5.69 Å². The highest BCUT2D eigenvalue weighted by atomic mass is 16.5. The molecule has 30 heavy (non-hydrogen) atoms. The van der Waals surface area contributed by atoms with Crippen LogP contribution < -0.4 is 0 Å². The molecule has 0 saturated carbocycles. The number of aryl methyl sites for hydroxylation is 1. The molecule has 1 aromatic heterocycles. The molecule has 0 spiro atoms. The van der Waals surface area contributed by atoms with E-state index in [0.717, 1.165) is 23.7 Å². The molecule has 0 saturated heterocycles. The summed E-state index contributed by atoms with van der Waals surface area (Å²) < 4.78 is 7.02. The Balaban J connectivity index is 1.84. The summed E-state index contributed by atoms with van der Waals surface area (Å²) in [4.78, 5) is 25.6. The van der Waals surface area contributed by atoms with Crippen LogP contribution in [0.5, 0.6) is 0 Å². The lowest BCUT2D eigenvalue weighted by Crippen LogP contribution is -2.14. The van der Waals surface area contributed by atoms with Crippen LogP contribution in [0.15, 0.2) is 24.3 Å². The second-order valence-electron chi connectivity index (χ2n) is 8.23. The largest absolute Gasteiger partial charge is 0.461 e. The first-order chi connectivity index (χ1) is 14.6. The molecule has 0 atom stereocenters. The first-order valence-electron chi connectivity index (χ1n) is 11.9. The van der Waals surface area contributed by atoms with Crippen molar-refractivity contribution in [1.82, 2.24) is 4.57 Å². The highest BCUT2D eigenvalue weighted by Gasteiger charge is 2.26.